The van der Waals surface area contributed by atoms with Gasteiger partial charge in [-0.05, 0) is 44.2 Å². The minimum Gasteiger partial charge on any atom is -0.486 e. The van der Waals surface area contributed by atoms with Crippen LogP contribution in [0.3, 0.4) is 0 Å². The number of nitrogens with zero attached hydrogens (tertiary/aromatic N) is 3. The molecule has 1 aromatic heterocycles. The average Bonchev–Trinajstić information content (AvgIpc) is 3.30. The van der Waals surface area contributed by atoms with E-state index in [1.54, 1.807) is 22.5 Å². The lowest BCUT2D eigenvalue weighted by atomic mass is 10.0. The van der Waals surface area contributed by atoms with Gasteiger partial charge < -0.3 is 14.0 Å². The zero-order chi connectivity index (χ0) is 19.3. The standard InChI is InChI=1S/C20H25N3O4S/c1-14-12-21-20(23(14)16-2-3-16)10-15-6-7-22(13-15)28(24,25)17-4-5-18-19(11-17)27-9-8-26-18/h4-5,11-12,15-16H,2-3,6-10,13H2,1H3. The molecule has 5 rings (SSSR count). The second-order valence-corrected chi connectivity index (χ2v) is 9.88. The zero-order valence-electron chi connectivity index (χ0n) is 16.0. The number of hydrogen-bond donors (Lipinski definition) is 0. The van der Waals surface area contributed by atoms with Crippen molar-refractivity contribution in [3.63, 3.8) is 0 Å². The summed E-state index contributed by atoms with van der Waals surface area (Å²) in [5, 5.41) is 0. The van der Waals surface area contributed by atoms with Crippen LogP contribution in [0, 0.1) is 12.8 Å². The molecule has 1 saturated carbocycles. The smallest absolute Gasteiger partial charge is 0.243 e. The van der Waals surface area contributed by atoms with E-state index in [9.17, 15) is 8.42 Å². The van der Waals surface area contributed by atoms with Crippen LogP contribution in [-0.2, 0) is 16.4 Å². The molecule has 3 heterocycles. The molecule has 1 aromatic carbocycles. The van der Waals surface area contributed by atoms with E-state index in [1.165, 1.54) is 18.5 Å². The number of benzene rings is 1. The van der Waals surface area contributed by atoms with E-state index in [0.717, 1.165) is 18.7 Å². The van der Waals surface area contributed by atoms with Gasteiger partial charge in [0.05, 0.1) is 4.90 Å². The minimum atomic E-state index is -3.54. The van der Waals surface area contributed by atoms with Gasteiger partial charge in [-0.1, -0.05) is 0 Å². The molecule has 2 fully saturated rings. The van der Waals surface area contributed by atoms with Crippen LogP contribution in [0.25, 0.3) is 0 Å². The monoisotopic (exact) mass is 403 g/mol. The fraction of sp³-hybridized carbons (Fsp3) is 0.550. The zero-order valence-corrected chi connectivity index (χ0v) is 16.8. The molecule has 8 heteroatoms. The van der Waals surface area contributed by atoms with Crippen molar-refractivity contribution in [2.75, 3.05) is 26.3 Å². The van der Waals surface area contributed by atoms with Gasteiger partial charge in [0.2, 0.25) is 10.0 Å². The normalized spacial score (nSPS) is 22.5. The lowest BCUT2D eigenvalue weighted by Crippen LogP contribution is -2.29. The number of sulfonamides is 1. The van der Waals surface area contributed by atoms with E-state index in [-0.39, 0.29) is 4.90 Å². The fourth-order valence-corrected chi connectivity index (χ4v) is 5.80. The van der Waals surface area contributed by atoms with Crippen LogP contribution in [0.5, 0.6) is 11.5 Å². The molecule has 1 aliphatic carbocycles. The van der Waals surface area contributed by atoms with E-state index in [2.05, 4.69) is 16.5 Å². The summed E-state index contributed by atoms with van der Waals surface area (Å²) in [5.41, 5.74) is 1.20. The van der Waals surface area contributed by atoms with E-state index in [1.807, 2.05) is 6.20 Å². The number of aryl methyl sites for hydroxylation is 1. The molecule has 0 bridgehead atoms. The van der Waals surface area contributed by atoms with Crippen LogP contribution in [0.15, 0.2) is 29.3 Å². The number of aromatic nitrogens is 2. The van der Waals surface area contributed by atoms with Crippen LogP contribution in [0.2, 0.25) is 0 Å². The first-order chi connectivity index (χ1) is 13.5. The molecule has 0 amide bonds. The van der Waals surface area contributed by atoms with Crippen molar-refractivity contribution in [1.82, 2.24) is 13.9 Å². The van der Waals surface area contributed by atoms with E-state index in [0.29, 0.717) is 49.8 Å². The molecule has 28 heavy (non-hydrogen) atoms. The first-order valence-corrected chi connectivity index (χ1v) is 11.4. The summed E-state index contributed by atoms with van der Waals surface area (Å²) < 4.78 is 41.2. The van der Waals surface area contributed by atoms with Gasteiger partial charge in [0.15, 0.2) is 11.5 Å². The van der Waals surface area contributed by atoms with Crippen molar-refractivity contribution in [1.29, 1.82) is 0 Å². The summed E-state index contributed by atoms with van der Waals surface area (Å²) in [6, 6.07) is 5.47. The lowest BCUT2D eigenvalue weighted by molar-refractivity contribution is 0.171. The topological polar surface area (TPSA) is 73.7 Å². The lowest BCUT2D eigenvalue weighted by Gasteiger charge is -2.21. The minimum absolute atomic E-state index is 0.271. The van der Waals surface area contributed by atoms with E-state index >= 15 is 0 Å². The molecule has 0 N–H and O–H groups in total. The van der Waals surface area contributed by atoms with Gasteiger partial charge in [-0.15, -0.1) is 0 Å². The van der Waals surface area contributed by atoms with E-state index < -0.39 is 10.0 Å². The highest BCUT2D eigenvalue weighted by Gasteiger charge is 2.35. The van der Waals surface area contributed by atoms with Crippen LogP contribution in [-0.4, -0.2) is 48.6 Å². The van der Waals surface area contributed by atoms with Gasteiger partial charge in [-0.2, -0.15) is 4.31 Å². The first kappa shape index (κ1) is 18.0. The van der Waals surface area contributed by atoms with Gasteiger partial charge in [0.1, 0.15) is 19.0 Å². The summed E-state index contributed by atoms with van der Waals surface area (Å²) in [6.07, 6.45) is 6.07. The Hall–Kier alpha value is -2.06. The third-order valence-electron chi connectivity index (χ3n) is 5.84. The summed E-state index contributed by atoms with van der Waals surface area (Å²) >= 11 is 0. The van der Waals surface area contributed by atoms with Crippen LogP contribution in [0.1, 0.15) is 36.8 Å². The molecule has 3 aliphatic rings. The Bertz CT molecular complexity index is 997. The Morgan fingerprint density at radius 2 is 1.93 bits per heavy atom. The summed E-state index contributed by atoms with van der Waals surface area (Å²) in [7, 11) is -3.54. The van der Waals surface area contributed by atoms with Gasteiger partial charge in [0.25, 0.3) is 0 Å². The van der Waals surface area contributed by atoms with Crippen molar-refractivity contribution in [2.45, 2.75) is 43.5 Å². The van der Waals surface area contributed by atoms with Gasteiger partial charge >= 0.3 is 0 Å². The molecule has 1 unspecified atom stereocenters. The molecule has 2 aliphatic heterocycles. The quantitative estimate of drug-likeness (QED) is 0.767. The number of fused-ring (bicyclic) bond motifs is 1. The van der Waals surface area contributed by atoms with Crippen LogP contribution >= 0.6 is 0 Å². The number of ether oxygens (including phenoxy) is 2. The predicted molar refractivity (Wildman–Crippen MR) is 103 cm³/mol. The third kappa shape index (κ3) is 3.18. The molecule has 0 spiro atoms. The Kier molecular flexibility index (Phi) is 4.35. The Labute approximate surface area is 165 Å². The highest BCUT2D eigenvalue weighted by molar-refractivity contribution is 7.89. The Morgan fingerprint density at radius 1 is 1.14 bits per heavy atom. The number of hydrogen-bond acceptors (Lipinski definition) is 5. The SMILES string of the molecule is Cc1cnc(CC2CCN(S(=O)(=O)c3ccc4c(c3)OCCO4)C2)n1C1CC1. The van der Waals surface area contributed by atoms with Gasteiger partial charge in [-0.25, -0.2) is 13.4 Å². The van der Waals surface area contributed by atoms with Crippen molar-refractivity contribution >= 4 is 10.0 Å². The maximum atomic E-state index is 13.1. The fourth-order valence-electron chi connectivity index (χ4n) is 4.25. The molecular weight excluding hydrogens is 378 g/mol. The largest absolute Gasteiger partial charge is 0.486 e. The van der Waals surface area contributed by atoms with Gasteiger partial charge in [-0.3, -0.25) is 0 Å². The molecule has 7 nitrogen and oxygen atoms in total. The van der Waals surface area contributed by atoms with Crippen molar-refractivity contribution in [2.24, 2.45) is 5.92 Å². The molecule has 2 aromatic rings. The molecule has 1 saturated heterocycles. The van der Waals surface area contributed by atoms with E-state index in [4.69, 9.17) is 9.47 Å². The average molecular weight is 404 g/mol. The molecule has 1 atom stereocenters. The van der Waals surface area contributed by atoms with Crippen molar-refractivity contribution in [3.05, 3.63) is 35.9 Å². The second kappa shape index (κ2) is 6.77. The van der Waals surface area contributed by atoms with Gasteiger partial charge in [0, 0.05) is 43.5 Å². The molecule has 0 radical (unpaired) electrons. The highest BCUT2D eigenvalue weighted by atomic mass is 32.2. The summed E-state index contributed by atoms with van der Waals surface area (Å²) in [5.74, 6) is 2.51. The van der Waals surface area contributed by atoms with Crippen molar-refractivity contribution < 1.29 is 17.9 Å². The second-order valence-electron chi connectivity index (χ2n) is 7.94. The Morgan fingerprint density at radius 3 is 2.71 bits per heavy atom. The predicted octanol–water partition coefficient (Wildman–Crippen LogP) is 2.55. The van der Waals surface area contributed by atoms with Crippen LogP contribution < -0.4 is 9.47 Å². The maximum Gasteiger partial charge on any atom is 0.243 e. The summed E-state index contributed by atoms with van der Waals surface area (Å²) in [6.45, 7) is 4.11. The van der Waals surface area contributed by atoms with Crippen LogP contribution in [0.4, 0.5) is 0 Å². The molecular formula is C20H25N3O4S. The Balaban J connectivity index is 1.31. The third-order valence-corrected chi connectivity index (χ3v) is 7.70. The maximum absolute atomic E-state index is 13.1. The number of imidazole rings is 1. The summed E-state index contributed by atoms with van der Waals surface area (Å²) in [4.78, 5) is 4.87. The number of rotatable bonds is 5. The highest BCUT2D eigenvalue weighted by Crippen LogP contribution is 2.38. The molecule has 150 valence electrons. The first-order valence-electron chi connectivity index (χ1n) is 9.95. The van der Waals surface area contributed by atoms with Crippen molar-refractivity contribution in [3.8, 4) is 11.5 Å².